The largest absolute Gasteiger partial charge is 0.496 e. The van der Waals surface area contributed by atoms with E-state index in [9.17, 15) is 4.79 Å². The molecule has 0 saturated heterocycles. The van der Waals surface area contributed by atoms with Crippen molar-refractivity contribution in [3.8, 4) is 5.75 Å². The lowest BCUT2D eigenvalue weighted by Gasteiger charge is -2.17. The lowest BCUT2D eigenvalue weighted by atomic mass is 9.92. The van der Waals surface area contributed by atoms with Crippen molar-refractivity contribution in [1.29, 1.82) is 0 Å². The first-order chi connectivity index (χ1) is 11.5. The molecule has 0 atom stereocenters. The Kier molecular flexibility index (Phi) is 4.43. The van der Waals surface area contributed by atoms with Gasteiger partial charge in [0.25, 0.3) is 5.91 Å². The maximum absolute atomic E-state index is 13.1. The molecule has 24 heavy (non-hydrogen) atoms. The van der Waals surface area contributed by atoms with E-state index in [2.05, 4.69) is 20.8 Å². The molecule has 0 N–H and O–H groups in total. The summed E-state index contributed by atoms with van der Waals surface area (Å²) in [5.74, 6) is 0.938. The number of ether oxygens (including phenoxy) is 1. The van der Waals surface area contributed by atoms with Crippen LogP contribution >= 0.6 is 0 Å². The van der Waals surface area contributed by atoms with Crippen LogP contribution in [-0.4, -0.2) is 17.6 Å². The second-order valence-corrected chi connectivity index (χ2v) is 6.36. The molecule has 0 saturated carbocycles. The summed E-state index contributed by atoms with van der Waals surface area (Å²) in [6.07, 6.45) is 4.67. The molecule has 3 rings (SSSR count). The van der Waals surface area contributed by atoms with Gasteiger partial charge in [-0.2, -0.15) is 0 Å². The molecule has 1 heterocycles. The summed E-state index contributed by atoms with van der Waals surface area (Å²) >= 11 is 0. The lowest BCUT2D eigenvalue weighted by Crippen LogP contribution is -2.13. The number of fused-ring (bicyclic) bond motifs is 1. The molecule has 3 nitrogen and oxygen atoms in total. The number of rotatable bonds is 4. The Bertz CT molecular complexity index is 857. The van der Waals surface area contributed by atoms with E-state index >= 15 is 0 Å². The number of hydrogen-bond acceptors (Lipinski definition) is 2. The fourth-order valence-corrected chi connectivity index (χ4v) is 3.16. The number of carbonyl (C=O) groups is 1. The third-order valence-electron chi connectivity index (χ3n) is 4.48. The van der Waals surface area contributed by atoms with Crippen LogP contribution in [0.25, 0.3) is 10.8 Å². The minimum absolute atomic E-state index is 0.0624. The Morgan fingerprint density at radius 3 is 2.25 bits per heavy atom. The average Bonchev–Trinajstić information content (AvgIpc) is 3.03. The predicted octanol–water partition coefficient (Wildman–Crippen LogP) is 5.02. The Morgan fingerprint density at radius 2 is 1.75 bits per heavy atom. The van der Waals surface area contributed by atoms with E-state index in [1.54, 1.807) is 11.7 Å². The lowest BCUT2D eigenvalue weighted by molar-refractivity contribution is 0.0957. The molecule has 0 unspecified atom stereocenters. The highest BCUT2D eigenvalue weighted by Gasteiger charge is 2.19. The maximum atomic E-state index is 13.1. The van der Waals surface area contributed by atoms with Crippen LogP contribution in [0.1, 0.15) is 48.2 Å². The van der Waals surface area contributed by atoms with Crippen LogP contribution < -0.4 is 4.74 Å². The smallest absolute Gasteiger partial charge is 0.265 e. The number of methoxy groups -OCH3 is 1. The number of aromatic nitrogens is 1. The molecule has 3 aromatic rings. The third-order valence-corrected chi connectivity index (χ3v) is 4.48. The van der Waals surface area contributed by atoms with E-state index in [-0.39, 0.29) is 5.91 Å². The number of aryl methyl sites for hydroxylation is 1. The van der Waals surface area contributed by atoms with Gasteiger partial charge in [0.15, 0.2) is 0 Å². The van der Waals surface area contributed by atoms with Crippen molar-refractivity contribution < 1.29 is 9.53 Å². The number of nitrogens with zero attached hydrogens (tertiary/aromatic N) is 1. The number of benzene rings is 2. The summed E-state index contributed by atoms with van der Waals surface area (Å²) in [5, 5.41) is 2.11. The number of hydrogen-bond donors (Lipinski definition) is 0. The van der Waals surface area contributed by atoms with Crippen molar-refractivity contribution in [1.82, 2.24) is 4.57 Å². The molecular formula is C21H23NO2. The van der Waals surface area contributed by atoms with Gasteiger partial charge in [-0.25, -0.2) is 0 Å². The minimum atomic E-state index is -0.0624. The molecule has 2 aromatic carbocycles. The van der Waals surface area contributed by atoms with Gasteiger partial charge < -0.3 is 4.74 Å². The zero-order valence-corrected chi connectivity index (χ0v) is 14.7. The zero-order chi connectivity index (χ0) is 17.3. The zero-order valence-electron chi connectivity index (χ0n) is 14.7. The van der Waals surface area contributed by atoms with Crippen LogP contribution in [0.5, 0.6) is 5.75 Å². The number of carbonyl (C=O) groups excluding carboxylic acids is 1. The van der Waals surface area contributed by atoms with Gasteiger partial charge in [0, 0.05) is 12.4 Å². The average molecular weight is 321 g/mol. The van der Waals surface area contributed by atoms with Gasteiger partial charge in [0.2, 0.25) is 0 Å². The minimum Gasteiger partial charge on any atom is -0.496 e. The summed E-state index contributed by atoms with van der Waals surface area (Å²) < 4.78 is 7.16. The molecule has 0 fully saturated rings. The van der Waals surface area contributed by atoms with Crippen LogP contribution in [0.15, 0.2) is 48.8 Å². The summed E-state index contributed by atoms with van der Waals surface area (Å²) in [6, 6.07) is 12.0. The van der Waals surface area contributed by atoms with E-state index in [0.29, 0.717) is 17.2 Å². The first-order valence-electron chi connectivity index (χ1n) is 8.37. The van der Waals surface area contributed by atoms with Gasteiger partial charge in [-0.1, -0.05) is 45.0 Å². The summed E-state index contributed by atoms with van der Waals surface area (Å²) in [4.78, 5) is 13.1. The van der Waals surface area contributed by atoms with Crippen LogP contribution in [-0.2, 0) is 6.42 Å². The van der Waals surface area contributed by atoms with Gasteiger partial charge in [0.05, 0.1) is 12.7 Å². The summed E-state index contributed by atoms with van der Waals surface area (Å²) in [6.45, 7) is 6.43. The third kappa shape index (κ3) is 2.82. The van der Waals surface area contributed by atoms with Crippen molar-refractivity contribution in [2.45, 2.75) is 33.1 Å². The van der Waals surface area contributed by atoms with Gasteiger partial charge in [-0.05, 0) is 46.4 Å². The summed E-state index contributed by atoms with van der Waals surface area (Å²) in [7, 11) is 1.62. The van der Waals surface area contributed by atoms with E-state index in [0.717, 1.165) is 17.2 Å². The van der Waals surface area contributed by atoms with Crippen molar-refractivity contribution >= 4 is 16.7 Å². The fourth-order valence-electron chi connectivity index (χ4n) is 3.16. The first kappa shape index (κ1) is 16.3. The van der Waals surface area contributed by atoms with Crippen LogP contribution in [0.3, 0.4) is 0 Å². The van der Waals surface area contributed by atoms with Crippen molar-refractivity contribution in [2.75, 3.05) is 7.11 Å². The van der Waals surface area contributed by atoms with Crippen LogP contribution in [0.2, 0.25) is 0 Å². The molecule has 124 valence electrons. The monoisotopic (exact) mass is 321 g/mol. The Labute approximate surface area is 142 Å². The first-order valence-corrected chi connectivity index (χ1v) is 8.37. The predicted molar refractivity (Wildman–Crippen MR) is 98.1 cm³/mol. The van der Waals surface area contributed by atoms with E-state index in [1.807, 2.05) is 48.8 Å². The Balaban J connectivity index is 2.12. The molecule has 3 heteroatoms. The molecular weight excluding hydrogens is 298 g/mol. The highest BCUT2D eigenvalue weighted by Crippen LogP contribution is 2.30. The quantitative estimate of drug-likeness (QED) is 0.675. The summed E-state index contributed by atoms with van der Waals surface area (Å²) in [5.41, 5.74) is 3.05. The van der Waals surface area contributed by atoms with Crippen LogP contribution in [0, 0.1) is 0 Å². The molecule has 0 aliphatic heterocycles. The van der Waals surface area contributed by atoms with Crippen molar-refractivity contribution in [3.05, 3.63) is 65.5 Å². The highest BCUT2D eigenvalue weighted by atomic mass is 16.5. The van der Waals surface area contributed by atoms with Gasteiger partial charge in [-0.3, -0.25) is 9.36 Å². The van der Waals surface area contributed by atoms with Gasteiger partial charge in [0.1, 0.15) is 5.75 Å². The molecule has 0 bridgehead atoms. The van der Waals surface area contributed by atoms with E-state index in [4.69, 9.17) is 4.74 Å². The highest BCUT2D eigenvalue weighted by molar-refractivity contribution is 6.01. The second kappa shape index (κ2) is 6.52. The Hall–Kier alpha value is -2.55. The SMILES string of the molecule is CCc1cc(OC)c(C(=O)n2cc3ccccc3c2)cc1C(C)C. The molecule has 0 aliphatic carbocycles. The van der Waals surface area contributed by atoms with Crippen molar-refractivity contribution in [2.24, 2.45) is 0 Å². The normalized spacial score (nSPS) is 11.2. The van der Waals surface area contributed by atoms with E-state index in [1.165, 1.54) is 11.1 Å². The standard InChI is InChI=1S/C21H23NO2/c1-5-15-10-20(24-4)19(11-18(15)14(2)3)21(23)22-12-16-8-6-7-9-17(16)13-22/h6-14H,5H2,1-4H3. The Morgan fingerprint density at radius 1 is 1.12 bits per heavy atom. The molecule has 0 radical (unpaired) electrons. The molecule has 0 aliphatic rings. The molecule has 0 amide bonds. The fraction of sp³-hybridized carbons (Fsp3) is 0.286. The second-order valence-electron chi connectivity index (χ2n) is 6.36. The topological polar surface area (TPSA) is 31.2 Å². The van der Waals surface area contributed by atoms with Crippen molar-refractivity contribution in [3.63, 3.8) is 0 Å². The van der Waals surface area contributed by atoms with Crippen LogP contribution in [0.4, 0.5) is 0 Å². The van der Waals surface area contributed by atoms with Gasteiger partial charge in [-0.15, -0.1) is 0 Å². The van der Waals surface area contributed by atoms with E-state index < -0.39 is 0 Å². The molecule has 1 aromatic heterocycles. The maximum Gasteiger partial charge on any atom is 0.265 e. The molecule has 0 spiro atoms. The van der Waals surface area contributed by atoms with Gasteiger partial charge >= 0.3 is 0 Å².